The SMILES string of the molecule is O=c1c2c(nc(SCCc3ccccc3)n1C1CCCCC1)-c1ccccc1CC21CCCC1. The van der Waals surface area contributed by atoms with Crippen LogP contribution in [0.15, 0.2) is 64.5 Å². The molecule has 3 aliphatic carbocycles. The van der Waals surface area contributed by atoms with Gasteiger partial charge in [-0.25, -0.2) is 4.98 Å². The number of aromatic nitrogens is 2. The molecular weight excluding hydrogens is 436 g/mol. The molecule has 0 aliphatic heterocycles. The summed E-state index contributed by atoms with van der Waals surface area (Å²) in [6, 6.07) is 19.6. The van der Waals surface area contributed by atoms with Crippen molar-refractivity contribution in [1.29, 1.82) is 0 Å². The first-order valence-electron chi connectivity index (χ1n) is 13.2. The molecule has 2 fully saturated rings. The first-order valence-corrected chi connectivity index (χ1v) is 14.2. The lowest BCUT2D eigenvalue weighted by Crippen LogP contribution is -2.41. The number of hydrogen-bond acceptors (Lipinski definition) is 3. The number of fused-ring (bicyclic) bond motifs is 4. The second kappa shape index (κ2) is 9.37. The van der Waals surface area contributed by atoms with E-state index in [2.05, 4.69) is 59.2 Å². The maximum Gasteiger partial charge on any atom is 0.258 e. The molecule has 34 heavy (non-hydrogen) atoms. The molecule has 2 saturated carbocycles. The summed E-state index contributed by atoms with van der Waals surface area (Å²) in [6.45, 7) is 0. The van der Waals surface area contributed by atoms with Crippen LogP contribution in [0.4, 0.5) is 0 Å². The van der Waals surface area contributed by atoms with E-state index in [9.17, 15) is 4.79 Å². The van der Waals surface area contributed by atoms with Crippen molar-refractivity contribution < 1.29 is 0 Å². The molecule has 0 saturated heterocycles. The summed E-state index contributed by atoms with van der Waals surface area (Å²) in [5.74, 6) is 0.939. The van der Waals surface area contributed by atoms with E-state index in [1.807, 2.05) is 0 Å². The van der Waals surface area contributed by atoms with Gasteiger partial charge in [-0.2, -0.15) is 0 Å². The van der Waals surface area contributed by atoms with Gasteiger partial charge in [0.2, 0.25) is 0 Å². The van der Waals surface area contributed by atoms with Crippen LogP contribution in [-0.2, 0) is 18.3 Å². The van der Waals surface area contributed by atoms with Crippen LogP contribution < -0.4 is 5.56 Å². The van der Waals surface area contributed by atoms with Crippen molar-refractivity contribution in [1.82, 2.24) is 9.55 Å². The average Bonchev–Trinajstić information content (AvgIpc) is 3.33. The Labute approximate surface area is 207 Å². The monoisotopic (exact) mass is 470 g/mol. The lowest BCUT2D eigenvalue weighted by atomic mass is 9.68. The highest BCUT2D eigenvalue weighted by molar-refractivity contribution is 7.99. The van der Waals surface area contributed by atoms with E-state index in [0.717, 1.165) is 60.7 Å². The largest absolute Gasteiger partial charge is 0.284 e. The van der Waals surface area contributed by atoms with E-state index >= 15 is 0 Å². The summed E-state index contributed by atoms with van der Waals surface area (Å²) in [5, 5.41) is 0.941. The van der Waals surface area contributed by atoms with Gasteiger partial charge in [0.1, 0.15) is 0 Å². The fourth-order valence-corrected chi connectivity index (χ4v) is 7.74. The number of benzene rings is 2. The number of nitrogens with zero attached hydrogens (tertiary/aromatic N) is 2. The minimum absolute atomic E-state index is 0.0164. The van der Waals surface area contributed by atoms with Gasteiger partial charge >= 0.3 is 0 Å². The van der Waals surface area contributed by atoms with Crippen LogP contribution >= 0.6 is 11.8 Å². The third kappa shape index (κ3) is 3.94. The molecular formula is C30H34N2OS. The summed E-state index contributed by atoms with van der Waals surface area (Å²) in [4.78, 5) is 19.8. The number of hydrogen-bond donors (Lipinski definition) is 0. The normalized spacial score (nSPS) is 19.2. The summed E-state index contributed by atoms with van der Waals surface area (Å²) in [5.41, 5.74) is 6.19. The molecule has 1 spiro atoms. The Bertz CT molecular complexity index is 1220. The second-order valence-electron chi connectivity index (χ2n) is 10.5. The van der Waals surface area contributed by atoms with Gasteiger partial charge < -0.3 is 0 Å². The van der Waals surface area contributed by atoms with Crippen LogP contribution in [-0.4, -0.2) is 15.3 Å². The van der Waals surface area contributed by atoms with Crippen LogP contribution in [0.3, 0.4) is 0 Å². The highest BCUT2D eigenvalue weighted by Gasteiger charge is 2.45. The minimum Gasteiger partial charge on any atom is -0.284 e. The standard InChI is InChI=1S/C30H34N2OS/c33-28-26-27(25-16-8-7-13-23(25)21-30(26)18-9-10-19-30)31-29(32(28)24-14-5-2-6-15-24)34-20-17-22-11-3-1-4-12-22/h1,3-4,7-8,11-13,16,24H,2,5-6,9-10,14-15,17-21H2. The van der Waals surface area contributed by atoms with Crippen LogP contribution in [0.5, 0.6) is 0 Å². The summed E-state index contributed by atoms with van der Waals surface area (Å²) in [7, 11) is 0. The fourth-order valence-electron chi connectivity index (χ4n) is 6.69. The van der Waals surface area contributed by atoms with E-state index in [0.29, 0.717) is 6.04 Å². The van der Waals surface area contributed by atoms with Crippen LogP contribution in [0.2, 0.25) is 0 Å². The summed E-state index contributed by atoms with van der Waals surface area (Å²) >= 11 is 1.78. The molecule has 3 aliphatic rings. The van der Waals surface area contributed by atoms with Crippen molar-refractivity contribution in [3.05, 3.63) is 81.6 Å². The van der Waals surface area contributed by atoms with Gasteiger partial charge in [-0.1, -0.05) is 98.5 Å². The van der Waals surface area contributed by atoms with E-state index in [-0.39, 0.29) is 11.0 Å². The zero-order valence-corrected chi connectivity index (χ0v) is 20.8. The first kappa shape index (κ1) is 22.2. The lowest BCUT2D eigenvalue weighted by molar-refractivity contribution is 0.316. The topological polar surface area (TPSA) is 34.9 Å². The number of rotatable bonds is 5. The van der Waals surface area contributed by atoms with Crippen molar-refractivity contribution in [3.63, 3.8) is 0 Å². The van der Waals surface area contributed by atoms with Crippen molar-refractivity contribution in [2.75, 3.05) is 5.75 Å². The van der Waals surface area contributed by atoms with Gasteiger partial charge in [0, 0.05) is 22.8 Å². The third-order valence-electron chi connectivity index (χ3n) is 8.38. The van der Waals surface area contributed by atoms with Crippen LogP contribution in [0, 0.1) is 0 Å². The smallest absolute Gasteiger partial charge is 0.258 e. The molecule has 3 nitrogen and oxygen atoms in total. The van der Waals surface area contributed by atoms with Crippen LogP contribution in [0.1, 0.15) is 80.5 Å². The van der Waals surface area contributed by atoms with Crippen molar-refractivity contribution >= 4 is 11.8 Å². The van der Waals surface area contributed by atoms with Crippen molar-refractivity contribution in [3.8, 4) is 11.3 Å². The van der Waals surface area contributed by atoms with Gasteiger partial charge in [-0.05, 0) is 49.7 Å². The van der Waals surface area contributed by atoms with Crippen LogP contribution in [0.25, 0.3) is 11.3 Å². The van der Waals surface area contributed by atoms with E-state index in [1.54, 1.807) is 11.8 Å². The number of aryl methyl sites for hydroxylation is 1. The average molecular weight is 471 g/mol. The first-order chi connectivity index (χ1) is 16.8. The number of thioether (sulfide) groups is 1. The maximum atomic E-state index is 14.4. The molecule has 176 valence electrons. The second-order valence-corrected chi connectivity index (χ2v) is 11.6. The molecule has 1 heterocycles. The predicted molar refractivity (Wildman–Crippen MR) is 141 cm³/mol. The maximum absolute atomic E-state index is 14.4. The molecule has 3 aromatic rings. The molecule has 0 radical (unpaired) electrons. The Kier molecular flexibility index (Phi) is 6.11. The molecule has 6 rings (SSSR count). The van der Waals surface area contributed by atoms with E-state index < -0.39 is 0 Å². The summed E-state index contributed by atoms with van der Waals surface area (Å²) < 4.78 is 2.15. The quantitative estimate of drug-likeness (QED) is 0.294. The van der Waals surface area contributed by atoms with Gasteiger partial charge in [-0.3, -0.25) is 9.36 Å². The van der Waals surface area contributed by atoms with Gasteiger partial charge in [-0.15, -0.1) is 0 Å². The molecule has 0 amide bonds. The molecule has 0 bridgehead atoms. The molecule has 2 aromatic carbocycles. The lowest BCUT2D eigenvalue weighted by Gasteiger charge is -2.37. The predicted octanol–water partition coefficient (Wildman–Crippen LogP) is 7.12. The molecule has 0 atom stereocenters. The molecule has 0 N–H and O–H groups in total. The van der Waals surface area contributed by atoms with Crippen molar-refractivity contribution in [2.45, 2.75) is 87.2 Å². The van der Waals surface area contributed by atoms with Crippen molar-refractivity contribution in [2.24, 2.45) is 0 Å². The van der Waals surface area contributed by atoms with E-state index in [4.69, 9.17) is 4.98 Å². The molecule has 0 unspecified atom stereocenters. The zero-order valence-electron chi connectivity index (χ0n) is 20.0. The highest BCUT2D eigenvalue weighted by atomic mass is 32.2. The van der Waals surface area contributed by atoms with Gasteiger partial charge in [0.15, 0.2) is 5.16 Å². The Morgan fingerprint density at radius 2 is 1.65 bits per heavy atom. The molecule has 4 heteroatoms. The Morgan fingerprint density at radius 1 is 0.912 bits per heavy atom. The molecule has 1 aromatic heterocycles. The Morgan fingerprint density at radius 3 is 2.44 bits per heavy atom. The third-order valence-corrected chi connectivity index (χ3v) is 9.33. The fraction of sp³-hybridized carbons (Fsp3) is 0.467. The van der Waals surface area contributed by atoms with Gasteiger partial charge in [0.25, 0.3) is 5.56 Å². The van der Waals surface area contributed by atoms with E-state index in [1.165, 1.54) is 48.8 Å². The minimum atomic E-state index is -0.0164. The Hall–Kier alpha value is -2.33. The zero-order chi connectivity index (χ0) is 23.0. The highest BCUT2D eigenvalue weighted by Crippen LogP contribution is 2.50. The Balaban J connectivity index is 1.47. The summed E-state index contributed by atoms with van der Waals surface area (Å²) in [6.07, 6.45) is 12.6. The van der Waals surface area contributed by atoms with Gasteiger partial charge in [0.05, 0.1) is 11.3 Å².